The Balaban J connectivity index is 1.48. The SMILES string of the molecule is Cc1cc([C@H]2[C@@H](c3ccccn3)NC(=S)N2CCC(=O)Nc2ccccc2)c(C)n1-c1cccc(Br)c1. The zero-order chi connectivity index (χ0) is 25.9. The summed E-state index contributed by atoms with van der Waals surface area (Å²) in [6, 6.07) is 25.7. The lowest BCUT2D eigenvalue weighted by Crippen LogP contribution is -2.32. The van der Waals surface area contributed by atoms with E-state index in [1.165, 1.54) is 0 Å². The van der Waals surface area contributed by atoms with Crippen molar-refractivity contribution in [3.05, 3.63) is 112 Å². The molecule has 1 fully saturated rings. The molecule has 5 rings (SSSR count). The van der Waals surface area contributed by atoms with Gasteiger partial charge in [0.25, 0.3) is 0 Å². The average Bonchev–Trinajstić information content (AvgIpc) is 3.38. The molecule has 2 aromatic carbocycles. The first-order valence-electron chi connectivity index (χ1n) is 12.2. The number of pyridine rings is 1. The molecule has 188 valence electrons. The van der Waals surface area contributed by atoms with Gasteiger partial charge in [0, 0.05) is 46.4 Å². The number of halogens is 1. The van der Waals surface area contributed by atoms with Crippen molar-refractivity contribution >= 4 is 44.9 Å². The molecular formula is C29H28BrN5OS. The summed E-state index contributed by atoms with van der Waals surface area (Å²) in [4.78, 5) is 19.6. The average molecular weight is 575 g/mol. The van der Waals surface area contributed by atoms with Gasteiger partial charge in [0.1, 0.15) is 0 Å². The first-order chi connectivity index (χ1) is 17.9. The number of hydrogen-bond donors (Lipinski definition) is 2. The molecule has 8 heteroatoms. The first kappa shape index (κ1) is 25.2. The van der Waals surface area contributed by atoms with E-state index in [2.05, 4.69) is 73.1 Å². The summed E-state index contributed by atoms with van der Waals surface area (Å²) in [7, 11) is 0. The largest absolute Gasteiger partial charge is 0.352 e. The molecule has 0 saturated carbocycles. The van der Waals surface area contributed by atoms with E-state index in [9.17, 15) is 4.79 Å². The number of aryl methyl sites for hydroxylation is 1. The second kappa shape index (κ2) is 10.9. The number of anilines is 1. The number of carbonyl (C=O) groups excluding carboxylic acids is 1. The molecule has 0 spiro atoms. The number of rotatable bonds is 7. The van der Waals surface area contributed by atoms with Crippen LogP contribution in [-0.2, 0) is 4.79 Å². The zero-order valence-corrected chi connectivity index (χ0v) is 23.1. The van der Waals surface area contributed by atoms with Crippen molar-refractivity contribution < 1.29 is 4.79 Å². The molecule has 0 aliphatic carbocycles. The Bertz CT molecular complexity index is 1420. The highest BCUT2D eigenvalue weighted by Gasteiger charge is 2.41. The smallest absolute Gasteiger partial charge is 0.226 e. The Morgan fingerprint density at radius 2 is 1.84 bits per heavy atom. The fourth-order valence-corrected chi connectivity index (χ4v) is 5.77. The van der Waals surface area contributed by atoms with E-state index in [0.29, 0.717) is 18.1 Å². The number of carbonyl (C=O) groups is 1. The minimum atomic E-state index is -0.137. The van der Waals surface area contributed by atoms with Crippen LogP contribution in [0, 0.1) is 13.8 Å². The van der Waals surface area contributed by atoms with Crippen LogP contribution in [0.3, 0.4) is 0 Å². The minimum Gasteiger partial charge on any atom is -0.352 e. The van der Waals surface area contributed by atoms with Crippen molar-refractivity contribution in [2.75, 3.05) is 11.9 Å². The van der Waals surface area contributed by atoms with Crippen molar-refractivity contribution in [3.63, 3.8) is 0 Å². The second-order valence-corrected chi connectivity index (χ2v) is 10.4. The molecule has 2 N–H and O–H groups in total. The minimum absolute atomic E-state index is 0.0476. The van der Waals surface area contributed by atoms with Gasteiger partial charge in [0.2, 0.25) is 5.91 Å². The monoisotopic (exact) mass is 573 g/mol. The van der Waals surface area contributed by atoms with Crippen molar-refractivity contribution in [2.24, 2.45) is 0 Å². The first-order valence-corrected chi connectivity index (χ1v) is 13.4. The van der Waals surface area contributed by atoms with Gasteiger partial charge in [-0.1, -0.05) is 46.3 Å². The van der Waals surface area contributed by atoms with E-state index < -0.39 is 0 Å². The molecule has 0 bridgehead atoms. The van der Waals surface area contributed by atoms with E-state index in [1.54, 1.807) is 6.20 Å². The number of para-hydroxylation sites is 1. The molecular weight excluding hydrogens is 546 g/mol. The zero-order valence-electron chi connectivity index (χ0n) is 20.7. The molecule has 1 amide bonds. The van der Waals surface area contributed by atoms with Gasteiger partial charge in [-0.2, -0.15) is 0 Å². The second-order valence-electron chi connectivity index (χ2n) is 9.13. The summed E-state index contributed by atoms with van der Waals surface area (Å²) in [5.41, 5.74) is 6.21. The third-order valence-corrected chi connectivity index (χ3v) is 7.54. The molecule has 0 radical (unpaired) electrons. The standard InChI is InChI=1S/C29H28BrN5OS/c1-19-17-24(20(2)35(19)23-12-8-9-21(30)18-23)28-27(25-13-6-7-15-31-25)33-29(37)34(28)16-14-26(36)32-22-10-4-3-5-11-22/h3-13,15,17-18,27-28H,14,16H2,1-2H3,(H,32,36)(H,33,37)/t27-,28+/m1/s1. The number of nitrogens with one attached hydrogen (secondary N) is 2. The summed E-state index contributed by atoms with van der Waals surface area (Å²) in [5.74, 6) is -0.0476. The highest BCUT2D eigenvalue weighted by molar-refractivity contribution is 9.10. The number of thiocarbonyl (C=S) groups is 1. The number of amides is 1. The number of benzene rings is 2. The summed E-state index contributed by atoms with van der Waals surface area (Å²) in [6.45, 7) is 4.74. The molecule has 1 aliphatic rings. The van der Waals surface area contributed by atoms with Crippen LogP contribution in [0.5, 0.6) is 0 Å². The van der Waals surface area contributed by atoms with Crippen LogP contribution in [0.4, 0.5) is 5.69 Å². The fraction of sp³-hybridized carbons (Fsp3) is 0.207. The lowest BCUT2D eigenvalue weighted by Gasteiger charge is -2.28. The van der Waals surface area contributed by atoms with Gasteiger partial charge in [-0.3, -0.25) is 9.78 Å². The van der Waals surface area contributed by atoms with Crippen LogP contribution < -0.4 is 10.6 Å². The quantitative estimate of drug-likeness (QED) is 0.256. The summed E-state index contributed by atoms with van der Waals surface area (Å²) in [5, 5.41) is 7.10. The summed E-state index contributed by atoms with van der Waals surface area (Å²) in [6.07, 6.45) is 2.12. The predicted molar refractivity (Wildman–Crippen MR) is 155 cm³/mol. The topological polar surface area (TPSA) is 62.2 Å². The van der Waals surface area contributed by atoms with Crippen molar-refractivity contribution in [3.8, 4) is 5.69 Å². The van der Waals surface area contributed by atoms with Crippen molar-refractivity contribution in [2.45, 2.75) is 32.4 Å². The highest BCUT2D eigenvalue weighted by atomic mass is 79.9. The molecule has 37 heavy (non-hydrogen) atoms. The predicted octanol–water partition coefficient (Wildman–Crippen LogP) is 6.25. The van der Waals surface area contributed by atoms with Crippen molar-refractivity contribution in [1.29, 1.82) is 0 Å². The van der Waals surface area contributed by atoms with Gasteiger partial charge in [-0.25, -0.2) is 0 Å². The Kier molecular flexibility index (Phi) is 7.39. The van der Waals surface area contributed by atoms with Crippen LogP contribution in [0.25, 0.3) is 5.69 Å². The maximum Gasteiger partial charge on any atom is 0.226 e. The molecule has 2 atom stereocenters. The van der Waals surface area contributed by atoms with Crippen LogP contribution in [0.15, 0.2) is 89.5 Å². The molecule has 4 aromatic rings. The van der Waals surface area contributed by atoms with Gasteiger partial charge < -0.3 is 20.1 Å². The lowest BCUT2D eigenvalue weighted by atomic mass is 9.96. The molecule has 6 nitrogen and oxygen atoms in total. The molecule has 3 heterocycles. The maximum absolute atomic E-state index is 12.8. The van der Waals surface area contributed by atoms with Gasteiger partial charge in [0.05, 0.1) is 17.8 Å². The molecule has 1 aliphatic heterocycles. The molecule has 1 saturated heterocycles. The summed E-state index contributed by atoms with van der Waals surface area (Å²) < 4.78 is 3.29. The van der Waals surface area contributed by atoms with E-state index in [0.717, 1.165) is 38.5 Å². The summed E-state index contributed by atoms with van der Waals surface area (Å²) >= 11 is 9.41. The van der Waals surface area contributed by atoms with Crippen LogP contribution in [0.2, 0.25) is 0 Å². The normalized spacial score (nSPS) is 17.1. The van der Waals surface area contributed by atoms with Crippen LogP contribution in [0.1, 0.15) is 41.1 Å². The molecule has 2 aromatic heterocycles. The van der Waals surface area contributed by atoms with Crippen molar-refractivity contribution in [1.82, 2.24) is 19.8 Å². The van der Waals surface area contributed by atoms with E-state index in [-0.39, 0.29) is 18.0 Å². The third-order valence-electron chi connectivity index (χ3n) is 6.69. The maximum atomic E-state index is 12.8. The van der Waals surface area contributed by atoms with E-state index in [4.69, 9.17) is 12.2 Å². The lowest BCUT2D eigenvalue weighted by molar-refractivity contribution is -0.116. The molecule has 0 unspecified atom stereocenters. The number of nitrogens with zero attached hydrogens (tertiary/aromatic N) is 3. The Hall–Kier alpha value is -3.49. The fourth-order valence-electron chi connectivity index (χ4n) is 5.05. The Morgan fingerprint density at radius 1 is 1.05 bits per heavy atom. The number of hydrogen-bond acceptors (Lipinski definition) is 3. The van der Waals surface area contributed by atoms with E-state index >= 15 is 0 Å². The van der Waals surface area contributed by atoms with Crippen LogP contribution in [-0.4, -0.2) is 32.0 Å². The Labute approximate surface area is 230 Å². The Morgan fingerprint density at radius 3 is 2.57 bits per heavy atom. The van der Waals surface area contributed by atoms with Gasteiger partial charge in [-0.05, 0) is 80.2 Å². The highest BCUT2D eigenvalue weighted by Crippen LogP contribution is 2.41. The van der Waals surface area contributed by atoms with Gasteiger partial charge >= 0.3 is 0 Å². The number of aromatic nitrogens is 2. The van der Waals surface area contributed by atoms with Crippen LogP contribution >= 0.6 is 28.1 Å². The van der Waals surface area contributed by atoms with Gasteiger partial charge in [0.15, 0.2) is 5.11 Å². The van der Waals surface area contributed by atoms with Gasteiger partial charge in [-0.15, -0.1) is 0 Å². The third kappa shape index (κ3) is 5.31. The van der Waals surface area contributed by atoms with E-state index in [1.807, 2.05) is 60.7 Å².